The van der Waals surface area contributed by atoms with E-state index >= 15 is 0 Å². The molecule has 1 aliphatic rings. The van der Waals surface area contributed by atoms with Crippen LogP contribution in [0.3, 0.4) is 0 Å². The molecule has 0 atom stereocenters. The Kier molecular flexibility index (Phi) is 4.33. The number of para-hydroxylation sites is 1. The van der Waals surface area contributed by atoms with Gasteiger partial charge in [0.2, 0.25) is 5.91 Å². The second-order valence-corrected chi connectivity index (χ2v) is 5.39. The van der Waals surface area contributed by atoms with Crippen LogP contribution >= 0.6 is 12.2 Å². The third kappa shape index (κ3) is 3.72. The summed E-state index contributed by atoms with van der Waals surface area (Å²) >= 11 is 4.87. The van der Waals surface area contributed by atoms with E-state index in [4.69, 9.17) is 17.0 Å². The van der Waals surface area contributed by atoms with E-state index in [1.54, 1.807) is 0 Å². The predicted octanol–water partition coefficient (Wildman–Crippen LogP) is 1.28. The molecule has 8 heteroatoms. The first-order chi connectivity index (χ1) is 11.1. The first-order valence-corrected chi connectivity index (χ1v) is 7.43. The van der Waals surface area contributed by atoms with Gasteiger partial charge in [0.25, 0.3) is 5.56 Å². The SMILES string of the molecule is O=C(Cc1cc(=O)[nH]c(=S)[nH]1)N/N=C1/CCOc2ccccc21. The highest BCUT2D eigenvalue weighted by molar-refractivity contribution is 7.71. The van der Waals surface area contributed by atoms with E-state index in [9.17, 15) is 9.59 Å². The quantitative estimate of drug-likeness (QED) is 0.583. The van der Waals surface area contributed by atoms with Crippen molar-refractivity contribution in [2.24, 2.45) is 5.10 Å². The molecule has 2 heterocycles. The second kappa shape index (κ2) is 6.57. The number of hydrogen-bond donors (Lipinski definition) is 3. The minimum absolute atomic E-state index is 0.0114. The average Bonchev–Trinajstić information content (AvgIpc) is 2.52. The molecular formula is C15H14N4O3S. The molecule has 0 radical (unpaired) electrons. The van der Waals surface area contributed by atoms with Crippen LogP contribution in [0, 0.1) is 4.77 Å². The van der Waals surface area contributed by atoms with E-state index < -0.39 is 0 Å². The van der Waals surface area contributed by atoms with Crippen LogP contribution in [-0.4, -0.2) is 28.2 Å². The summed E-state index contributed by atoms with van der Waals surface area (Å²) in [6, 6.07) is 8.83. The zero-order chi connectivity index (χ0) is 16.2. The van der Waals surface area contributed by atoms with Crippen molar-refractivity contribution >= 4 is 23.8 Å². The lowest BCUT2D eigenvalue weighted by Crippen LogP contribution is -2.25. The first kappa shape index (κ1) is 15.2. The summed E-state index contributed by atoms with van der Waals surface area (Å²) in [5.74, 6) is 0.420. The minimum atomic E-state index is -0.346. The number of carbonyl (C=O) groups excluding carboxylic acids is 1. The van der Waals surface area contributed by atoms with Crippen molar-refractivity contribution in [2.75, 3.05) is 6.61 Å². The van der Waals surface area contributed by atoms with Crippen molar-refractivity contribution in [3.05, 3.63) is 56.7 Å². The summed E-state index contributed by atoms with van der Waals surface area (Å²) in [5, 5.41) is 4.18. The highest BCUT2D eigenvalue weighted by Crippen LogP contribution is 2.24. The number of benzene rings is 1. The first-order valence-electron chi connectivity index (χ1n) is 7.02. The third-order valence-corrected chi connectivity index (χ3v) is 3.48. The topological polar surface area (TPSA) is 99.3 Å². The standard InChI is InChI=1S/C15H14N4O3S/c20-13-7-9(16-15(23)17-13)8-14(21)19-18-11-5-6-22-12-4-2-1-3-10(11)12/h1-4,7H,5-6,8H2,(H,19,21)(H2,16,17,20,23)/b18-11-. The maximum Gasteiger partial charge on any atom is 0.251 e. The molecule has 0 spiro atoms. The number of fused-ring (bicyclic) bond motifs is 1. The summed E-state index contributed by atoms with van der Waals surface area (Å²) in [6.07, 6.45) is 0.604. The van der Waals surface area contributed by atoms with Gasteiger partial charge >= 0.3 is 0 Å². The largest absolute Gasteiger partial charge is 0.492 e. The molecule has 2 aromatic rings. The second-order valence-electron chi connectivity index (χ2n) is 4.98. The Morgan fingerprint density at radius 3 is 3.00 bits per heavy atom. The molecule has 0 saturated heterocycles. The molecule has 3 rings (SSSR count). The number of nitrogens with zero attached hydrogens (tertiary/aromatic N) is 1. The van der Waals surface area contributed by atoms with Gasteiger partial charge in [0.15, 0.2) is 4.77 Å². The Morgan fingerprint density at radius 2 is 2.17 bits per heavy atom. The van der Waals surface area contributed by atoms with Gasteiger partial charge in [-0.25, -0.2) is 5.43 Å². The van der Waals surface area contributed by atoms with Gasteiger partial charge in [-0.3, -0.25) is 14.6 Å². The average molecular weight is 330 g/mol. The van der Waals surface area contributed by atoms with Gasteiger partial charge in [-0.2, -0.15) is 5.10 Å². The normalized spacial score (nSPS) is 14.9. The molecule has 1 amide bonds. The van der Waals surface area contributed by atoms with Crippen molar-refractivity contribution in [2.45, 2.75) is 12.8 Å². The lowest BCUT2D eigenvalue weighted by atomic mass is 10.0. The van der Waals surface area contributed by atoms with E-state index in [1.807, 2.05) is 24.3 Å². The van der Waals surface area contributed by atoms with Crippen molar-refractivity contribution in [3.63, 3.8) is 0 Å². The van der Waals surface area contributed by atoms with Crippen molar-refractivity contribution in [1.29, 1.82) is 0 Å². The Labute approximate surface area is 136 Å². The van der Waals surface area contributed by atoms with Gasteiger partial charge < -0.3 is 9.72 Å². The van der Waals surface area contributed by atoms with Crippen molar-refractivity contribution < 1.29 is 9.53 Å². The van der Waals surface area contributed by atoms with Crippen LogP contribution < -0.4 is 15.7 Å². The molecule has 1 aliphatic heterocycles. The number of nitrogens with one attached hydrogen (secondary N) is 3. The summed E-state index contributed by atoms with van der Waals surface area (Å²) in [6.45, 7) is 0.521. The highest BCUT2D eigenvalue weighted by Gasteiger charge is 2.16. The zero-order valence-corrected chi connectivity index (χ0v) is 12.9. The smallest absolute Gasteiger partial charge is 0.251 e. The Bertz CT molecular complexity index is 856. The van der Waals surface area contributed by atoms with Crippen LogP contribution in [0.1, 0.15) is 17.7 Å². The number of hydrazone groups is 1. The van der Waals surface area contributed by atoms with E-state index in [0.29, 0.717) is 18.7 Å². The number of aromatic amines is 2. The van der Waals surface area contributed by atoms with Crippen LogP contribution in [0.25, 0.3) is 0 Å². The molecule has 0 unspecified atom stereocenters. The fourth-order valence-electron chi connectivity index (χ4n) is 2.30. The zero-order valence-electron chi connectivity index (χ0n) is 12.1. The van der Waals surface area contributed by atoms with Gasteiger partial charge in [0, 0.05) is 23.7 Å². The minimum Gasteiger partial charge on any atom is -0.492 e. The predicted molar refractivity (Wildman–Crippen MR) is 87.2 cm³/mol. The van der Waals surface area contributed by atoms with Crippen LogP contribution in [-0.2, 0) is 11.2 Å². The number of rotatable bonds is 3. The maximum atomic E-state index is 12.0. The molecule has 3 N–H and O–H groups in total. The van der Waals surface area contributed by atoms with Crippen LogP contribution in [0.5, 0.6) is 5.75 Å². The van der Waals surface area contributed by atoms with E-state index in [0.717, 1.165) is 17.0 Å². The van der Waals surface area contributed by atoms with Gasteiger partial charge in [-0.05, 0) is 24.4 Å². The van der Waals surface area contributed by atoms with E-state index in [1.165, 1.54) is 6.07 Å². The fourth-order valence-corrected chi connectivity index (χ4v) is 2.53. The van der Waals surface area contributed by atoms with Gasteiger partial charge in [0.05, 0.1) is 18.7 Å². The molecule has 0 aliphatic carbocycles. The summed E-state index contributed by atoms with van der Waals surface area (Å²) in [4.78, 5) is 28.5. The molecule has 1 aromatic heterocycles. The monoisotopic (exact) mass is 330 g/mol. The van der Waals surface area contributed by atoms with E-state index in [2.05, 4.69) is 20.5 Å². The maximum absolute atomic E-state index is 12.0. The lowest BCUT2D eigenvalue weighted by molar-refractivity contribution is -0.120. The highest BCUT2D eigenvalue weighted by atomic mass is 32.1. The van der Waals surface area contributed by atoms with Gasteiger partial charge in [-0.1, -0.05) is 12.1 Å². The Hall–Kier alpha value is -2.74. The van der Waals surface area contributed by atoms with Crippen LogP contribution in [0.4, 0.5) is 0 Å². The number of ether oxygens (including phenoxy) is 1. The molecule has 23 heavy (non-hydrogen) atoms. The van der Waals surface area contributed by atoms with Gasteiger partial charge in [-0.15, -0.1) is 0 Å². The molecule has 0 fully saturated rings. The molecular weight excluding hydrogens is 316 g/mol. The van der Waals surface area contributed by atoms with Crippen LogP contribution in [0.2, 0.25) is 0 Å². The number of hydrogen-bond acceptors (Lipinski definition) is 5. The molecule has 118 valence electrons. The van der Waals surface area contributed by atoms with Crippen molar-refractivity contribution in [3.8, 4) is 5.75 Å². The Morgan fingerprint density at radius 1 is 1.35 bits per heavy atom. The third-order valence-electron chi connectivity index (χ3n) is 3.28. The summed E-state index contributed by atoms with van der Waals surface area (Å²) in [7, 11) is 0. The number of amides is 1. The van der Waals surface area contributed by atoms with Gasteiger partial charge in [0.1, 0.15) is 5.75 Å². The van der Waals surface area contributed by atoms with Crippen LogP contribution in [0.15, 0.2) is 40.2 Å². The molecule has 1 aromatic carbocycles. The molecule has 0 bridgehead atoms. The lowest BCUT2D eigenvalue weighted by Gasteiger charge is -2.18. The number of carbonyl (C=O) groups is 1. The summed E-state index contributed by atoms with van der Waals surface area (Å²) < 4.78 is 5.72. The fraction of sp³-hybridized carbons (Fsp3) is 0.200. The summed E-state index contributed by atoms with van der Waals surface area (Å²) in [5.41, 5.74) is 4.23. The van der Waals surface area contributed by atoms with E-state index in [-0.39, 0.29) is 22.7 Å². The molecule has 7 nitrogen and oxygen atoms in total. The number of H-pyrrole nitrogens is 2. The molecule has 0 saturated carbocycles. The number of aromatic nitrogens is 2. The Balaban J connectivity index is 1.72. The van der Waals surface area contributed by atoms with Crippen molar-refractivity contribution in [1.82, 2.24) is 15.4 Å².